The molecule has 290 valence electrons. The van der Waals surface area contributed by atoms with E-state index < -0.39 is 0 Å². The van der Waals surface area contributed by atoms with Gasteiger partial charge < -0.3 is 4.90 Å². The number of hydrogen-bond donors (Lipinski definition) is 0. The molecular weight excluding hydrogens is 723 g/mol. The van der Waals surface area contributed by atoms with Gasteiger partial charge in [-0.25, -0.2) is 0 Å². The second-order valence-corrected chi connectivity index (χ2v) is 18.4. The van der Waals surface area contributed by atoms with E-state index in [0.29, 0.717) is 11.8 Å². The smallest absolute Gasteiger partial charge is 0.0546 e. The molecule has 0 amide bonds. The maximum absolute atomic E-state index is 2.57. The van der Waals surface area contributed by atoms with Crippen molar-refractivity contribution in [3.05, 3.63) is 210 Å². The minimum absolute atomic E-state index is 0.243. The van der Waals surface area contributed by atoms with Crippen molar-refractivity contribution in [3.8, 4) is 55.6 Å². The van der Waals surface area contributed by atoms with Crippen molar-refractivity contribution in [2.45, 2.75) is 56.8 Å². The van der Waals surface area contributed by atoms with E-state index in [1.807, 2.05) is 0 Å². The molecule has 8 aromatic carbocycles. The maximum atomic E-state index is 2.57. The van der Waals surface area contributed by atoms with Gasteiger partial charge in [-0.2, -0.15) is 0 Å². The average Bonchev–Trinajstić information content (AvgIpc) is 3.63. The lowest BCUT2D eigenvalue weighted by Crippen LogP contribution is -2.21. The molecule has 4 unspecified atom stereocenters. The molecule has 3 bridgehead atoms. The van der Waals surface area contributed by atoms with E-state index in [0.717, 1.165) is 17.5 Å². The summed E-state index contributed by atoms with van der Waals surface area (Å²) in [6.45, 7) is 4.80. The van der Waals surface area contributed by atoms with E-state index >= 15 is 0 Å². The average molecular weight is 772 g/mol. The molecule has 4 aliphatic carbocycles. The van der Waals surface area contributed by atoms with Crippen LogP contribution in [0, 0.1) is 11.8 Å². The Labute approximate surface area is 355 Å². The van der Waals surface area contributed by atoms with Gasteiger partial charge in [0.25, 0.3) is 0 Å². The number of fused-ring (bicyclic) bond motifs is 14. The lowest BCUT2D eigenvalue weighted by atomic mass is 9.71. The zero-order valence-electron chi connectivity index (χ0n) is 34.5. The van der Waals surface area contributed by atoms with E-state index in [4.69, 9.17) is 0 Å². The number of anilines is 3. The Kier molecular flexibility index (Phi) is 8.18. The van der Waals surface area contributed by atoms with Crippen molar-refractivity contribution in [3.63, 3.8) is 0 Å². The molecule has 8 aromatic rings. The normalized spacial score (nSPS) is 20.0. The third-order valence-electron chi connectivity index (χ3n) is 14.9. The first-order valence-electron chi connectivity index (χ1n) is 22.1. The van der Waals surface area contributed by atoms with E-state index in [1.54, 1.807) is 11.1 Å². The molecule has 60 heavy (non-hydrogen) atoms. The Balaban J connectivity index is 1.15. The standard InChI is InChI=1S/C59H49N/c1-59(2)55-24-12-10-20-49(55)47-19-8-9-22-51(47)58-52(50-21-11-13-25-56(50)59)23-14-26-57(58)60(43-29-27-40(28-30-43)39-15-4-3-5-16-39)44-31-32-48-53-35-38-33-41(36-42(53)34-38)45-17-6-7-18-46(45)54(48)37-44/h3-32,37-38,41-42,53H,33-36H2,1-2H3. The van der Waals surface area contributed by atoms with Gasteiger partial charge in [-0.15, -0.1) is 0 Å². The molecule has 4 aliphatic rings. The lowest BCUT2D eigenvalue weighted by molar-refractivity contribution is 0.311. The third kappa shape index (κ3) is 5.52. The van der Waals surface area contributed by atoms with Crippen molar-refractivity contribution in [2.75, 3.05) is 4.90 Å². The molecule has 0 radical (unpaired) electrons. The molecule has 12 rings (SSSR count). The maximum Gasteiger partial charge on any atom is 0.0546 e. The predicted molar refractivity (Wildman–Crippen MR) is 251 cm³/mol. The Morgan fingerprint density at radius 3 is 1.78 bits per heavy atom. The van der Waals surface area contributed by atoms with Gasteiger partial charge in [0.15, 0.2) is 0 Å². The van der Waals surface area contributed by atoms with Crippen LogP contribution in [0.5, 0.6) is 0 Å². The van der Waals surface area contributed by atoms with Crippen LogP contribution < -0.4 is 4.90 Å². The van der Waals surface area contributed by atoms with Crippen molar-refractivity contribution in [1.29, 1.82) is 0 Å². The monoisotopic (exact) mass is 771 g/mol. The number of benzene rings is 8. The molecule has 0 saturated heterocycles. The summed E-state index contributed by atoms with van der Waals surface area (Å²) in [5.74, 6) is 2.89. The molecular formula is C59H49N. The van der Waals surface area contributed by atoms with E-state index in [9.17, 15) is 0 Å². The van der Waals surface area contributed by atoms with Crippen molar-refractivity contribution >= 4 is 17.1 Å². The van der Waals surface area contributed by atoms with Crippen molar-refractivity contribution in [2.24, 2.45) is 11.8 Å². The molecule has 1 heteroatoms. The second-order valence-electron chi connectivity index (χ2n) is 18.4. The number of hydrogen-bond acceptors (Lipinski definition) is 1. The molecule has 0 spiro atoms. The van der Waals surface area contributed by atoms with Crippen LogP contribution in [0.25, 0.3) is 55.6 Å². The van der Waals surface area contributed by atoms with E-state index in [1.165, 1.54) is 104 Å². The van der Waals surface area contributed by atoms with Gasteiger partial charge in [0.2, 0.25) is 0 Å². The van der Waals surface area contributed by atoms with Crippen LogP contribution in [0.2, 0.25) is 0 Å². The predicted octanol–water partition coefficient (Wildman–Crippen LogP) is 16.1. The summed E-state index contributed by atoms with van der Waals surface area (Å²) < 4.78 is 0. The van der Waals surface area contributed by atoms with Crippen LogP contribution in [-0.4, -0.2) is 0 Å². The summed E-state index contributed by atoms with van der Waals surface area (Å²) in [4.78, 5) is 2.57. The zero-order chi connectivity index (χ0) is 40.0. The van der Waals surface area contributed by atoms with Gasteiger partial charge in [0, 0.05) is 22.4 Å². The highest BCUT2D eigenvalue weighted by Crippen LogP contribution is 2.60. The highest BCUT2D eigenvalue weighted by Gasteiger charge is 2.44. The molecule has 2 saturated carbocycles. The summed E-state index contributed by atoms with van der Waals surface area (Å²) in [5.41, 5.74) is 22.0. The highest BCUT2D eigenvalue weighted by atomic mass is 15.1. The SMILES string of the molecule is CC1(C)c2ccccc2-c2ccccc2-c2c(cccc2N(c2ccc(-c3ccccc3)cc2)c2ccc3c(c2)-c2ccccc2C2CC4CC(C2)C3C4)-c2ccccc21. The molecule has 0 N–H and O–H groups in total. The van der Waals surface area contributed by atoms with Crippen LogP contribution in [-0.2, 0) is 5.41 Å². The molecule has 4 atom stereocenters. The summed E-state index contributed by atoms with van der Waals surface area (Å²) in [5, 5.41) is 0. The van der Waals surface area contributed by atoms with E-state index in [2.05, 4.69) is 207 Å². The first-order valence-corrected chi connectivity index (χ1v) is 22.1. The van der Waals surface area contributed by atoms with Gasteiger partial charge >= 0.3 is 0 Å². The fraction of sp³-hybridized carbons (Fsp3) is 0.186. The van der Waals surface area contributed by atoms with Gasteiger partial charge in [0.1, 0.15) is 0 Å². The molecule has 2 fully saturated rings. The fourth-order valence-corrected chi connectivity index (χ4v) is 12.2. The quantitative estimate of drug-likeness (QED) is 0.172. The molecule has 0 aliphatic heterocycles. The highest BCUT2D eigenvalue weighted by molar-refractivity contribution is 6.03. The minimum atomic E-state index is -0.243. The summed E-state index contributed by atoms with van der Waals surface area (Å²) in [6, 6.07) is 71.3. The fourth-order valence-electron chi connectivity index (χ4n) is 12.2. The molecule has 0 heterocycles. The topological polar surface area (TPSA) is 3.24 Å². The van der Waals surface area contributed by atoms with Crippen LogP contribution >= 0.6 is 0 Å². The van der Waals surface area contributed by atoms with Gasteiger partial charge in [-0.1, -0.05) is 172 Å². The third-order valence-corrected chi connectivity index (χ3v) is 14.9. The zero-order valence-corrected chi connectivity index (χ0v) is 34.5. The Hall–Kier alpha value is -6.44. The Bertz CT molecular complexity index is 2940. The summed E-state index contributed by atoms with van der Waals surface area (Å²) >= 11 is 0. The Morgan fingerprint density at radius 1 is 0.417 bits per heavy atom. The van der Waals surface area contributed by atoms with Gasteiger partial charge in [-0.3, -0.25) is 0 Å². The molecule has 0 aromatic heterocycles. The lowest BCUT2D eigenvalue weighted by Gasteiger charge is -2.35. The van der Waals surface area contributed by atoms with Crippen LogP contribution in [0.15, 0.2) is 188 Å². The van der Waals surface area contributed by atoms with Crippen LogP contribution in [0.1, 0.15) is 73.6 Å². The Morgan fingerprint density at radius 2 is 1.02 bits per heavy atom. The summed E-state index contributed by atoms with van der Waals surface area (Å²) in [6.07, 6.45) is 5.38. The van der Waals surface area contributed by atoms with E-state index in [-0.39, 0.29) is 5.41 Å². The van der Waals surface area contributed by atoms with Crippen LogP contribution in [0.3, 0.4) is 0 Å². The van der Waals surface area contributed by atoms with Gasteiger partial charge in [0.05, 0.1) is 5.69 Å². The largest absolute Gasteiger partial charge is 0.310 e. The number of rotatable bonds is 4. The second kappa shape index (κ2) is 13.8. The number of nitrogens with zero attached hydrogens (tertiary/aromatic N) is 1. The summed E-state index contributed by atoms with van der Waals surface area (Å²) in [7, 11) is 0. The van der Waals surface area contributed by atoms with Crippen LogP contribution in [0.4, 0.5) is 17.1 Å². The first-order chi connectivity index (χ1) is 29.5. The first kappa shape index (κ1) is 35.5. The minimum Gasteiger partial charge on any atom is -0.310 e. The van der Waals surface area contributed by atoms with Gasteiger partial charge in [-0.05, 0) is 152 Å². The van der Waals surface area contributed by atoms with Crippen molar-refractivity contribution in [1.82, 2.24) is 0 Å². The van der Waals surface area contributed by atoms with Crippen molar-refractivity contribution < 1.29 is 0 Å². The molecule has 1 nitrogen and oxygen atoms in total.